The van der Waals surface area contributed by atoms with E-state index in [0.717, 1.165) is 44.8 Å². The number of methoxy groups -OCH3 is 4. The van der Waals surface area contributed by atoms with Crippen LogP contribution in [0.5, 0.6) is 0 Å². The van der Waals surface area contributed by atoms with E-state index in [4.69, 9.17) is 42.6 Å². The molecule has 0 bridgehead atoms. The van der Waals surface area contributed by atoms with E-state index in [0.29, 0.717) is 12.8 Å². The summed E-state index contributed by atoms with van der Waals surface area (Å²) in [7, 11) is 6.34. The van der Waals surface area contributed by atoms with E-state index in [-0.39, 0.29) is 72.2 Å². The average molecular weight is 711 g/mol. The number of hydrogen-bond donors (Lipinski definition) is 0. The molecule has 5 fully saturated rings. The molecule has 1 spiro atoms. The number of carbonyl (C=O) groups is 2. The van der Waals surface area contributed by atoms with Crippen molar-refractivity contribution < 1.29 is 52.2 Å². The van der Waals surface area contributed by atoms with Crippen molar-refractivity contribution in [1.82, 2.24) is 0 Å². The first-order valence-corrected chi connectivity index (χ1v) is 19.2. The van der Waals surface area contributed by atoms with E-state index in [9.17, 15) is 9.59 Å². The van der Waals surface area contributed by atoms with Gasteiger partial charge in [-0.05, 0) is 64.2 Å². The van der Waals surface area contributed by atoms with Gasteiger partial charge in [-0.25, -0.2) is 0 Å². The topological polar surface area (TPSA) is 117 Å². The van der Waals surface area contributed by atoms with Gasteiger partial charge in [0.15, 0.2) is 12.1 Å². The molecular formula is C39H66O11. The van der Waals surface area contributed by atoms with Gasteiger partial charge < -0.3 is 42.6 Å². The van der Waals surface area contributed by atoms with Crippen LogP contribution in [-0.4, -0.2) is 106 Å². The van der Waals surface area contributed by atoms with E-state index in [1.165, 1.54) is 7.11 Å². The highest BCUT2D eigenvalue weighted by Crippen LogP contribution is 2.55. The van der Waals surface area contributed by atoms with Crippen LogP contribution in [0.1, 0.15) is 107 Å². The van der Waals surface area contributed by atoms with Crippen LogP contribution >= 0.6 is 0 Å². The van der Waals surface area contributed by atoms with Crippen molar-refractivity contribution >= 4 is 12.3 Å². The second kappa shape index (κ2) is 15.3. The van der Waals surface area contributed by atoms with Crippen LogP contribution < -0.4 is 0 Å². The van der Waals surface area contributed by atoms with E-state index >= 15 is 0 Å². The standard InChI is InChI=1S/C39H66O11/c1-13-37(34-23(3)19-28(46-34)31-22(2)18-24(4)39(21-40,45-12)49-31)15-14-30(47-37)36(8)16-17-38(50-36)20-29(42-9)25(5)33(48-38)26(6)32(43-10)27(7)35(41)44-11/h21-34H,13-20H2,1-12H3/t22-,23-,24+,25+,26-,27-,28+,29-,30+,31-,32+,33-,34+,36-,37-,38+,39-/m0/s1. The Morgan fingerprint density at radius 1 is 0.960 bits per heavy atom. The zero-order chi connectivity index (χ0) is 36.8. The maximum atomic E-state index is 12.5. The van der Waals surface area contributed by atoms with Crippen molar-refractivity contribution in [3.63, 3.8) is 0 Å². The summed E-state index contributed by atoms with van der Waals surface area (Å²) in [6, 6.07) is 0. The van der Waals surface area contributed by atoms with E-state index < -0.39 is 34.8 Å². The third-order valence-electron chi connectivity index (χ3n) is 13.7. The van der Waals surface area contributed by atoms with Gasteiger partial charge in [0.2, 0.25) is 5.79 Å². The van der Waals surface area contributed by atoms with E-state index in [1.807, 2.05) is 13.8 Å². The molecule has 0 unspecified atom stereocenters. The molecule has 0 radical (unpaired) electrons. The minimum Gasteiger partial charge on any atom is -0.469 e. The van der Waals surface area contributed by atoms with Gasteiger partial charge in [0.25, 0.3) is 0 Å². The molecule has 0 aromatic carbocycles. The smallest absolute Gasteiger partial charge is 0.311 e. The molecule has 17 atom stereocenters. The number of aldehydes is 1. The van der Waals surface area contributed by atoms with Crippen LogP contribution in [0.3, 0.4) is 0 Å². The fourth-order valence-electron chi connectivity index (χ4n) is 10.6. The van der Waals surface area contributed by atoms with E-state index in [2.05, 4.69) is 41.5 Å². The normalized spacial score (nSPS) is 48.4. The predicted molar refractivity (Wildman–Crippen MR) is 185 cm³/mol. The highest BCUT2D eigenvalue weighted by molar-refractivity contribution is 5.72. The zero-order valence-electron chi connectivity index (χ0n) is 32.7. The second-order valence-electron chi connectivity index (χ2n) is 16.7. The first-order chi connectivity index (χ1) is 23.6. The van der Waals surface area contributed by atoms with Crippen molar-refractivity contribution in [3.8, 4) is 0 Å². The average Bonchev–Trinajstić information content (AvgIpc) is 3.82. The highest BCUT2D eigenvalue weighted by atomic mass is 16.7. The number of rotatable bonds is 12. The minimum atomic E-state index is -1.24. The molecule has 0 amide bonds. The molecule has 11 heteroatoms. The number of carbonyl (C=O) groups excluding carboxylic acids is 2. The molecule has 0 aromatic rings. The van der Waals surface area contributed by atoms with Gasteiger partial charge in [0, 0.05) is 51.9 Å². The lowest BCUT2D eigenvalue weighted by Crippen LogP contribution is -2.57. The summed E-state index contributed by atoms with van der Waals surface area (Å²) in [5.41, 5.74) is -1.02. The summed E-state index contributed by atoms with van der Waals surface area (Å²) in [5.74, 6) is -2.48. The molecule has 0 aromatic heterocycles. The molecule has 288 valence electrons. The molecule has 5 heterocycles. The number of ether oxygens (including phenoxy) is 9. The predicted octanol–water partition coefficient (Wildman–Crippen LogP) is 5.88. The molecule has 5 aliphatic rings. The Kier molecular flexibility index (Phi) is 12.2. The van der Waals surface area contributed by atoms with Crippen molar-refractivity contribution in [2.75, 3.05) is 28.4 Å². The fraction of sp³-hybridized carbons (Fsp3) is 0.949. The SMILES string of the molecule is CC[C@@]1([C@@H]2O[C@@H]([C@H]3O[C@](C=O)(OC)[C@H](C)C[C@@H]3C)C[C@@H]2C)CC[C@H]([C@]2(C)CC[C@]3(C[C@H](OC)[C@@H](C)[C@@H]([C@@H](C)[C@@H](OC)[C@H](C)C(=O)OC)O3)O2)O1. The van der Waals surface area contributed by atoms with Gasteiger partial charge in [0.05, 0.1) is 67.0 Å². The summed E-state index contributed by atoms with van der Waals surface area (Å²) >= 11 is 0. The largest absolute Gasteiger partial charge is 0.469 e. The Balaban J connectivity index is 1.30. The lowest BCUT2D eigenvalue weighted by Gasteiger charge is -2.49. The zero-order valence-corrected chi connectivity index (χ0v) is 32.7. The van der Waals surface area contributed by atoms with Gasteiger partial charge in [-0.2, -0.15) is 0 Å². The Labute approximate surface area is 300 Å². The first kappa shape index (κ1) is 40.0. The van der Waals surface area contributed by atoms with Crippen LogP contribution in [0.2, 0.25) is 0 Å². The van der Waals surface area contributed by atoms with Gasteiger partial charge in [0.1, 0.15) is 0 Å². The summed E-state index contributed by atoms with van der Waals surface area (Å²) in [5, 5.41) is 0. The van der Waals surface area contributed by atoms with Gasteiger partial charge in [-0.15, -0.1) is 0 Å². The summed E-state index contributed by atoms with van der Waals surface area (Å²) in [6.45, 7) is 16.9. The molecular weight excluding hydrogens is 644 g/mol. The van der Waals surface area contributed by atoms with Crippen LogP contribution in [0.25, 0.3) is 0 Å². The Morgan fingerprint density at radius 2 is 1.68 bits per heavy atom. The molecule has 5 rings (SSSR count). The van der Waals surface area contributed by atoms with Crippen LogP contribution in [0, 0.1) is 35.5 Å². The highest BCUT2D eigenvalue weighted by Gasteiger charge is 2.62. The monoisotopic (exact) mass is 710 g/mol. The van der Waals surface area contributed by atoms with Crippen LogP contribution in [-0.2, 0) is 52.2 Å². The first-order valence-electron chi connectivity index (χ1n) is 19.2. The van der Waals surface area contributed by atoms with E-state index in [1.54, 1.807) is 21.3 Å². The lowest BCUT2D eigenvalue weighted by molar-refractivity contribution is -0.337. The van der Waals surface area contributed by atoms with Crippen LogP contribution in [0.4, 0.5) is 0 Å². The molecule has 50 heavy (non-hydrogen) atoms. The van der Waals surface area contributed by atoms with Crippen molar-refractivity contribution in [1.29, 1.82) is 0 Å². The summed E-state index contributed by atoms with van der Waals surface area (Å²) in [6.07, 6.45) is 5.75. The minimum absolute atomic E-state index is 0.0407. The fourth-order valence-corrected chi connectivity index (χ4v) is 10.6. The molecule has 5 aliphatic heterocycles. The van der Waals surface area contributed by atoms with Crippen molar-refractivity contribution in [2.45, 2.75) is 172 Å². The summed E-state index contributed by atoms with van der Waals surface area (Å²) in [4.78, 5) is 24.7. The van der Waals surface area contributed by atoms with Gasteiger partial charge in [-0.1, -0.05) is 41.5 Å². The Morgan fingerprint density at radius 3 is 2.28 bits per heavy atom. The summed E-state index contributed by atoms with van der Waals surface area (Å²) < 4.78 is 57.4. The quantitative estimate of drug-likeness (QED) is 0.179. The molecule has 5 saturated heterocycles. The molecule has 0 saturated carbocycles. The second-order valence-corrected chi connectivity index (χ2v) is 16.7. The van der Waals surface area contributed by atoms with Crippen molar-refractivity contribution in [2.24, 2.45) is 35.5 Å². The Bertz CT molecular complexity index is 1180. The molecule has 0 N–H and O–H groups in total. The third kappa shape index (κ3) is 6.96. The van der Waals surface area contributed by atoms with Gasteiger partial charge >= 0.3 is 5.97 Å². The van der Waals surface area contributed by atoms with Crippen LogP contribution in [0.15, 0.2) is 0 Å². The maximum absolute atomic E-state index is 12.5. The maximum Gasteiger partial charge on any atom is 0.311 e. The molecule has 11 nitrogen and oxygen atoms in total. The number of hydrogen-bond acceptors (Lipinski definition) is 11. The number of esters is 1. The lowest BCUT2D eigenvalue weighted by atomic mass is 9.78. The van der Waals surface area contributed by atoms with Crippen molar-refractivity contribution in [3.05, 3.63) is 0 Å². The molecule has 0 aliphatic carbocycles. The Hall–Kier alpha value is -1.18. The third-order valence-corrected chi connectivity index (χ3v) is 13.7. The van der Waals surface area contributed by atoms with Gasteiger partial charge in [-0.3, -0.25) is 9.59 Å².